The molecule has 14 heavy (non-hydrogen) atoms. The number of nitrogens with zero attached hydrogens (tertiary/aromatic N) is 1. The molecule has 0 spiro atoms. The number of nitrogens with one attached hydrogen (secondary N) is 1. The molecule has 0 bridgehead atoms. The van der Waals surface area contributed by atoms with Crippen LogP contribution in [0.3, 0.4) is 0 Å². The molecule has 0 aromatic rings. The van der Waals surface area contributed by atoms with Crippen molar-refractivity contribution < 1.29 is 0 Å². The smallest absolute Gasteiger partial charge is 0.0252 e. The first-order valence-electron chi connectivity index (χ1n) is 5.71. The van der Waals surface area contributed by atoms with E-state index in [1.54, 1.807) is 0 Å². The van der Waals surface area contributed by atoms with Crippen molar-refractivity contribution in [3.63, 3.8) is 0 Å². The van der Waals surface area contributed by atoms with Gasteiger partial charge in [-0.1, -0.05) is 13.8 Å². The molecule has 0 saturated heterocycles. The Hall–Kier alpha value is -0.0800. The first-order valence-corrected chi connectivity index (χ1v) is 5.71. The highest BCUT2D eigenvalue weighted by Crippen LogP contribution is 2.18. The molecule has 0 amide bonds. The second-order valence-corrected chi connectivity index (χ2v) is 5.44. The Morgan fingerprint density at radius 1 is 1.07 bits per heavy atom. The zero-order valence-corrected chi connectivity index (χ0v) is 11.1. The molecule has 2 heteroatoms. The monoisotopic (exact) mass is 200 g/mol. The summed E-state index contributed by atoms with van der Waals surface area (Å²) in [6.07, 6.45) is 1.19. The number of rotatable bonds is 6. The van der Waals surface area contributed by atoms with Crippen LogP contribution in [0.4, 0.5) is 0 Å². The average molecular weight is 200 g/mol. The fourth-order valence-corrected chi connectivity index (χ4v) is 1.61. The number of hydrogen-bond donors (Lipinski definition) is 1. The molecule has 0 saturated carbocycles. The second-order valence-electron chi connectivity index (χ2n) is 5.44. The van der Waals surface area contributed by atoms with Gasteiger partial charge in [-0.05, 0) is 47.7 Å². The van der Waals surface area contributed by atoms with Gasteiger partial charge in [0, 0.05) is 17.6 Å². The Morgan fingerprint density at radius 2 is 1.57 bits per heavy atom. The minimum absolute atomic E-state index is 0.204. The van der Waals surface area contributed by atoms with Crippen molar-refractivity contribution in [1.82, 2.24) is 10.2 Å². The number of hydrogen-bond acceptors (Lipinski definition) is 2. The van der Waals surface area contributed by atoms with E-state index in [9.17, 15) is 0 Å². The van der Waals surface area contributed by atoms with Crippen molar-refractivity contribution in [3.05, 3.63) is 0 Å². The topological polar surface area (TPSA) is 15.3 Å². The third-order valence-corrected chi connectivity index (χ3v) is 3.19. The van der Waals surface area contributed by atoms with Gasteiger partial charge in [-0.2, -0.15) is 0 Å². The van der Waals surface area contributed by atoms with Gasteiger partial charge < -0.3 is 5.32 Å². The lowest BCUT2D eigenvalue weighted by Crippen LogP contribution is -2.53. The summed E-state index contributed by atoms with van der Waals surface area (Å²) < 4.78 is 0. The van der Waals surface area contributed by atoms with Crippen LogP contribution in [0.15, 0.2) is 0 Å². The quantitative estimate of drug-likeness (QED) is 0.708. The summed E-state index contributed by atoms with van der Waals surface area (Å²) in [6, 6.07) is 0. The van der Waals surface area contributed by atoms with Gasteiger partial charge in [-0.3, -0.25) is 4.90 Å². The van der Waals surface area contributed by atoms with Crippen molar-refractivity contribution in [2.24, 2.45) is 0 Å². The molecule has 1 N–H and O–H groups in total. The highest BCUT2D eigenvalue weighted by Gasteiger charge is 2.26. The molecule has 0 aromatic carbocycles. The Labute approximate surface area is 90.1 Å². The molecular formula is C12H28N2. The van der Waals surface area contributed by atoms with Gasteiger partial charge in [0.2, 0.25) is 0 Å². The lowest BCUT2D eigenvalue weighted by Gasteiger charge is -2.40. The SMILES string of the molecule is CCNC(C)(C)CN(C)C(C)(C)CC. The van der Waals surface area contributed by atoms with Crippen molar-refractivity contribution in [2.45, 2.75) is 59.0 Å². The third kappa shape index (κ3) is 4.43. The molecule has 0 heterocycles. The molecule has 0 unspecified atom stereocenters. The van der Waals surface area contributed by atoms with Crippen molar-refractivity contribution in [3.8, 4) is 0 Å². The van der Waals surface area contributed by atoms with Gasteiger partial charge in [0.05, 0.1) is 0 Å². The summed E-state index contributed by atoms with van der Waals surface area (Å²) in [4.78, 5) is 2.44. The molecule has 0 aromatic heterocycles. The first kappa shape index (κ1) is 13.9. The van der Waals surface area contributed by atoms with Gasteiger partial charge in [-0.15, -0.1) is 0 Å². The van der Waals surface area contributed by atoms with E-state index in [1.807, 2.05) is 0 Å². The zero-order chi connectivity index (χ0) is 11.4. The maximum absolute atomic E-state index is 3.51. The van der Waals surface area contributed by atoms with Crippen molar-refractivity contribution in [1.29, 1.82) is 0 Å². The summed E-state index contributed by atoms with van der Waals surface area (Å²) in [7, 11) is 2.21. The highest BCUT2D eigenvalue weighted by atomic mass is 15.2. The number of likely N-dealkylation sites (N-methyl/N-ethyl adjacent to an activating group) is 2. The van der Waals surface area contributed by atoms with E-state index < -0.39 is 0 Å². The standard InChI is InChI=1S/C12H28N2/c1-8-12(5,6)14(7)10-11(3,4)13-9-2/h13H,8-10H2,1-7H3. The Morgan fingerprint density at radius 3 is 1.93 bits per heavy atom. The maximum atomic E-state index is 3.51. The van der Waals surface area contributed by atoms with Gasteiger partial charge in [-0.25, -0.2) is 0 Å². The van der Waals surface area contributed by atoms with Crippen molar-refractivity contribution in [2.75, 3.05) is 20.1 Å². The molecule has 2 nitrogen and oxygen atoms in total. The Bertz CT molecular complexity index is 162. The molecule has 0 radical (unpaired) electrons. The average Bonchev–Trinajstić information content (AvgIpc) is 2.03. The summed E-state index contributed by atoms with van der Waals surface area (Å²) in [5.41, 5.74) is 0.503. The van der Waals surface area contributed by atoms with Gasteiger partial charge in [0.25, 0.3) is 0 Å². The second kappa shape index (κ2) is 5.13. The molecule has 0 aliphatic rings. The zero-order valence-electron chi connectivity index (χ0n) is 11.1. The van der Waals surface area contributed by atoms with Crippen LogP contribution in [0, 0.1) is 0 Å². The van der Waals surface area contributed by atoms with E-state index in [2.05, 4.69) is 58.8 Å². The predicted molar refractivity (Wildman–Crippen MR) is 64.8 cm³/mol. The minimum Gasteiger partial charge on any atom is -0.311 e. The molecule has 0 aliphatic carbocycles. The van der Waals surface area contributed by atoms with Crippen LogP contribution in [-0.2, 0) is 0 Å². The predicted octanol–water partition coefficient (Wildman–Crippen LogP) is 2.49. The van der Waals surface area contributed by atoms with Crippen LogP contribution in [0.25, 0.3) is 0 Å². The molecule has 0 atom stereocenters. The van der Waals surface area contributed by atoms with Crippen LogP contribution in [0.5, 0.6) is 0 Å². The molecule has 86 valence electrons. The fraction of sp³-hybridized carbons (Fsp3) is 1.00. The lowest BCUT2D eigenvalue weighted by molar-refractivity contribution is 0.114. The fourth-order valence-electron chi connectivity index (χ4n) is 1.61. The van der Waals surface area contributed by atoms with E-state index >= 15 is 0 Å². The Kier molecular flexibility index (Phi) is 5.10. The molecular weight excluding hydrogens is 172 g/mol. The van der Waals surface area contributed by atoms with Crippen LogP contribution in [-0.4, -0.2) is 36.1 Å². The van der Waals surface area contributed by atoms with Crippen LogP contribution < -0.4 is 5.32 Å². The molecule has 0 rings (SSSR count). The molecule has 0 aliphatic heterocycles. The highest BCUT2D eigenvalue weighted by molar-refractivity contribution is 4.86. The van der Waals surface area contributed by atoms with E-state index in [-0.39, 0.29) is 5.54 Å². The summed E-state index contributed by atoms with van der Waals surface area (Å²) >= 11 is 0. The third-order valence-electron chi connectivity index (χ3n) is 3.19. The first-order chi connectivity index (χ1) is 6.25. The van der Waals surface area contributed by atoms with Gasteiger partial charge in [0.1, 0.15) is 0 Å². The Balaban J connectivity index is 4.23. The summed E-state index contributed by atoms with van der Waals surface area (Å²) in [5, 5.41) is 3.51. The minimum atomic E-state index is 0.204. The largest absolute Gasteiger partial charge is 0.311 e. The van der Waals surface area contributed by atoms with Gasteiger partial charge in [0.15, 0.2) is 0 Å². The normalized spacial score (nSPS) is 13.7. The van der Waals surface area contributed by atoms with E-state index in [0.29, 0.717) is 5.54 Å². The van der Waals surface area contributed by atoms with E-state index in [1.165, 1.54) is 6.42 Å². The van der Waals surface area contributed by atoms with E-state index in [0.717, 1.165) is 13.1 Å². The van der Waals surface area contributed by atoms with Gasteiger partial charge >= 0.3 is 0 Å². The van der Waals surface area contributed by atoms with E-state index in [4.69, 9.17) is 0 Å². The van der Waals surface area contributed by atoms with Crippen LogP contribution in [0.1, 0.15) is 48.0 Å². The lowest BCUT2D eigenvalue weighted by atomic mass is 9.96. The van der Waals surface area contributed by atoms with Crippen molar-refractivity contribution >= 4 is 0 Å². The maximum Gasteiger partial charge on any atom is 0.0252 e. The van der Waals surface area contributed by atoms with Crippen LogP contribution >= 0.6 is 0 Å². The molecule has 0 fully saturated rings. The summed E-state index contributed by atoms with van der Waals surface area (Å²) in [5.74, 6) is 0. The van der Waals surface area contributed by atoms with Crippen LogP contribution in [0.2, 0.25) is 0 Å². The summed E-state index contributed by atoms with van der Waals surface area (Å²) in [6.45, 7) is 15.7.